The molecular weight excluding hydrogens is 194 g/mol. The highest BCUT2D eigenvalue weighted by Crippen LogP contribution is 2.11. The number of carbonyl (C=O) groups is 1. The lowest BCUT2D eigenvalue weighted by Gasteiger charge is -2.09. The van der Waals surface area contributed by atoms with Gasteiger partial charge in [-0.3, -0.25) is 9.48 Å². The summed E-state index contributed by atoms with van der Waals surface area (Å²) in [5.74, 6) is -0.231. The maximum atomic E-state index is 11.2. The van der Waals surface area contributed by atoms with Gasteiger partial charge in [-0.15, -0.1) is 0 Å². The second-order valence-electron chi connectivity index (χ2n) is 3.53. The Labute approximate surface area is 88.4 Å². The number of carbonyl (C=O) groups excluding carboxylic acids is 1. The normalized spacial score (nSPS) is 14.7. The standard InChI is InChI=1S/C10H15N3O2/c1-2-15-10(14)7-13-6-8-5-11-4-3-9(8)12-13/h6,11H,2-5,7H2,1H3. The van der Waals surface area contributed by atoms with Crippen molar-refractivity contribution in [1.29, 1.82) is 0 Å². The average Bonchev–Trinajstić information content (AvgIpc) is 2.59. The summed E-state index contributed by atoms with van der Waals surface area (Å²) in [4.78, 5) is 11.2. The Hall–Kier alpha value is -1.36. The molecule has 0 spiro atoms. The van der Waals surface area contributed by atoms with Gasteiger partial charge in [-0.25, -0.2) is 0 Å². The zero-order valence-electron chi connectivity index (χ0n) is 8.82. The first-order chi connectivity index (χ1) is 7.29. The summed E-state index contributed by atoms with van der Waals surface area (Å²) >= 11 is 0. The predicted molar refractivity (Wildman–Crippen MR) is 54.3 cm³/mol. The van der Waals surface area contributed by atoms with Gasteiger partial charge in [0.25, 0.3) is 0 Å². The molecule has 5 heteroatoms. The van der Waals surface area contributed by atoms with Crippen molar-refractivity contribution in [3.05, 3.63) is 17.5 Å². The molecule has 0 saturated carbocycles. The molecule has 0 radical (unpaired) electrons. The van der Waals surface area contributed by atoms with Crippen molar-refractivity contribution in [1.82, 2.24) is 15.1 Å². The molecule has 5 nitrogen and oxygen atoms in total. The zero-order chi connectivity index (χ0) is 10.7. The molecule has 0 fully saturated rings. The zero-order valence-corrected chi connectivity index (χ0v) is 8.82. The van der Waals surface area contributed by atoms with Gasteiger partial charge in [0, 0.05) is 31.3 Å². The van der Waals surface area contributed by atoms with Crippen LogP contribution < -0.4 is 5.32 Å². The molecular formula is C10H15N3O2. The van der Waals surface area contributed by atoms with E-state index in [9.17, 15) is 4.79 Å². The Morgan fingerprint density at radius 2 is 2.60 bits per heavy atom. The molecule has 15 heavy (non-hydrogen) atoms. The number of aromatic nitrogens is 2. The molecule has 0 bridgehead atoms. The van der Waals surface area contributed by atoms with Crippen molar-refractivity contribution >= 4 is 5.97 Å². The van der Waals surface area contributed by atoms with Crippen LogP contribution in [0.15, 0.2) is 6.20 Å². The predicted octanol–water partition coefficient (Wildman–Crippen LogP) is 0.0919. The fourth-order valence-electron chi connectivity index (χ4n) is 1.71. The van der Waals surface area contributed by atoms with Crippen molar-refractivity contribution in [3.63, 3.8) is 0 Å². The van der Waals surface area contributed by atoms with E-state index < -0.39 is 0 Å². The summed E-state index contributed by atoms with van der Waals surface area (Å²) in [6.07, 6.45) is 2.85. The van der Waals surface area contributed by atoms with E-state index in [0.29, 0.717) is 6.61 Å². The molecule has 0 unspecified atom stereocenters. The Kier molecular flexibility index (Phi) is 3.01. The largest absolute Gasteiger partial charge is 0.465 e. The smallest absolute Gasteiger partial charge is 0.327 e. The highest BCUT2D eigenvalue weighted by molar-refractivity contribution is 5.69. The van der Waals surface area contributed by atoms with E-state index in [1.54, 1.807) is 11.6 Å². The van der Waals surface area contributed by atoms with Gasteiger partial charge in [0.05, 0.1) is 12.3 Å². The molecule has 1 aromatic heterocycles. The molecule has 82 valence electrons. The van der Waals surface area contributed by atoms with E-state index in [2.05, 4.69) is 10.4 Å². The maximum absolute atomic E-state index is 11.2. The molecule has 0 atom stereocenters. The summed E-state index contributed by atoms with van der Waals surface area (Å²) in [5.41, 5.74) is 2.28. The number of fused-ring (bicyclic) bond motifs is 1. The van der Waals surface area contributed by atoms with E-state index in [4.69, 9.17) is 4.74 Å². The van der Waals surface area contributed by atoms with E-state index in [-0.39, 0.29) is 12.5 Å². The van der Waals surface area contributed by atoms with Gasteiger partial charge in [-0.1, -0.05) is 0 Å². The van der Waals surface area contributed by atoms with Gasteiger partial charge in [0.15, 0.2) is 0 Å². The number of hydrogen-bond acceptors (Lipinski definition) is 4. The molecule has 0 amide bonds. The average molecular weight is 209 g/mol. The first-order valence-corrected chi connectivity index (χ1v) is 5.21. The summed E-state index contributed by atoms with van der Waals surface area (Å²) in [7, 11) is 0. The minimum absolute atomic E-state index is 0.209. The quantitative estimate of drug-likeness (QED) is 0.717. The molecule has 0 aliphatic carbocycles. The molecule has 1 aliphatic heterocycles. The van der Waals surface area contributed by atoms with Crippen LogP contribution in [0.2, 0.25) is 0 Å². The monoisotopic (exact) mass is 209 g/mol. The number of hydrogen-bond donors (Lipinski definition) is 1. The first-order valence-electron chi connectivity index (χ1n) is 5.21. The Balaban J connectivity index is 2.03. The van der Waals surface area contributed by atoms with Crippen LogP contribution in [-0.4, -0.2) is 28.9 Å². The number of nitrogens with one attached hydrogen (secondary N) is 1. The minimum atomic E-state index is -0.231. The summed E-state index contributed by atoms with van der Waals surface area (Å²) < 4.78 is 6.52. The topological polar surface area (TPSA) is 56.2 Å². The third-order valence-corrected chi connectivity index (χ3v) is 2.38. The van der Waals surface area contributed by atoms with Crippen LogP contribution in [0.5, 0.6) is 0 Å². The molecule has 2 rings (SSSR count). The third-order valence-electron chi connectivity index (χ3n) is 2.38. The van der Waals surface area contributed by atoms with Gasteiger partial charge in [0.2, 0.25) is 0 Å². The third kappa shape index (κ3) is 2.36. The van der Waals surface area contributed by atoms with Gasteiger partial charge in [-0.2, -0.15) is 5.10 Å². The van der Waals surface area contributed by atoms with E-state index in [1.165, 1.54) is 5.56 Å². The maximum Gasteiger partial charge on any atom is 0.327 e. The Bertz CT molecular complexity index is 336. The second kappa shape index (κ2) is 4.44. The Morgan fingerprint density at radius 3 is 3.33 bits per heavy atom. The highest BCUT2D eigenvalue weighted by atomic mass is 16.5. The van der Waals surface area contributed by atoms with Crippen LogP contribution in [0.3, 0.4) is 0 Å². The number of rotatable bonds is 3. The molecule has 1 aromatic rings. The molecule has 0 saturated heterocycles. The van der Waals surface area contributed by atoms with Crippen molar-refractivity contribution in [2.75, 3.05) is 13.2 Å². The fourth-order valence-corrected chi connectivity index (χ4v) is 1.71. The van der Waals surface area contributed by atoms with Gasteiger partial charge in [-0.05, 0) is 6.92 Å². The van der Waals surface area contributed by atoms with Crippen LogP contribution in [-0.2, 0) is 29.0 Å². The van der Waals surface area contributed by atoms with Crippen LogP contribution in [0, 0.1) is 0 Å². The lowest BCUT2D eigenvalue weighted by molar-refractivity contribution is -0.144. The number of ether oxygens (including phenoxy) is 1. The SMILES string of the molecule is CCOC(=O)Cn1cc2c(n1)CCNC2. The number of esters is 1. The number of nitrogens with zero attached hydrogens (tertiary/aromatic N) is 2. The molecule has 2 heterocycles. The van der Waals surface area contributed by atoms with Crippen molar-refractivity contribution < 1.29 is 9.53 Å². The van der Waals surface area contributed by atoms with E-state index in [1.807, 2.05) is 6.20 Å². The lowest BCUT2D eigenvalue weighted by atomic mass is 10.1. The fraction of sp³-hybridized carbons (Fsp3) is 0.600. The first kappa shape index (κ1) is 10.2. The summed E-state index contributed by atoms with van der Waals surface area (Å²) in [5, 5.41) is 7.61. The van der Waals surface area contributed by atoms with Crippen LogP contribution in [0.25, 0.3) is 0 Å². The van der Waals surface area contributed by atoms with Crippen molar-refractivity contribution in [3.8, 4) is 0 Å². The summed E-state index contributed by atoms with van der Waals surface area (Å²) in [6, 6.07) is 0. The van der Waals surface area contributed by atoms with Gasteiger partial charge < -0.3 is 10.1 Å². The van der Waals surface area contributed by atoms with Crippen molar-refractivity contribution in [2.45, 2.75) is 26.4 Å². The highest BCUT2D eigenvalue weighted by Gasteiger charge is 2.14. The lowest BCUT2D eigenvalue weighted by Crippen LogP contribution is -2.22. The van der Waals surface area contributed by atoms with Crippen LogP contribution in [0.1, 0.15) is 18.2 Å². The van der Waals surface area contributed by atoms with Gasteiger partial charge >= 0.3 is 5.97 Å². The van der Waals surface area contributed by atoms with Gasteiger partial charge in [0.1, 0.15) is 6.54 Å². The van der Waals surface area contributed by atoms with E-state index in [0.717, 1.165) is 25.2 Å². The van der Waals surface area contributed by atoms with Crippen molar-refractivity contribution in [2.24, 2.45) is 0 Å². The Morgan fingerprint density at radius 1 is 1.73 bits per heavy atom. The summed E-state index contributed by atoms with van der Waals surface area (Å²) in [6.45, 7) is 4.24. The molecule has 1 N–H and O–H groups in total. The second-order valence-corrected chi connectivity index (χ2v) is 3.53. The van der Waals surface area contributed by atoms with E-state index >= 15 is 0 Å². The minimum Gasteiger partial charge on any atom is -0.465 e. The molecule has 1 aliphatic rings. The molecule has 0 aromatic carbocycles. The van der Waals surface area contributed by atoms with Crippen LogP contribution >= 0.6 is 0 Å². The van der Waals surface area contributed by atoms with Crippen LogP contribution in [0.4, 0.5) is 0 Å².